The van der Waals surface area contributed by atoms with Crippen LogP contribution in [0.5, 0.6) is 5.88 Å². The zero-order valence-corrected chi connectivity index (χ0v) is 14.9. The molecule has 3 heterocycles. The highest BCUT2D eigenvalue weighted by Gasteiger charge is 2.41. The van der Waals surface area contributed by atoms with E-state index in [1.807, 2.05) is 23.6 Å². The van der Waals surface area contributed by atoms with Gasteiger partial charge in [0.05, 0.1) is 33.3 Å². The molecule has 5 nitrogen and oxygen atoms in total. The van der Waals surface area contributed by atoms with E-state index in [0.29, 0.717) is 21.6 Å². The van der Waals surface area contributed by atoms with Gasteiger partial charge in [-0.1, -0.05) is 35.3 Å². The summed E-state index contributed by atoms with van der Waals surface area (Å²) in [6.45, 7) is 0. The number of nitriles is 1. The molecule has 0 aliphatic carbocycles. The maximum Gasteiger partial charge on any atom is 0.244 e. The Morgan fingerprint density at radius 1 is 1.28 bits per heavy atom. The van der Waals surface area contributed by atoms with Gasteiger partial charge in [0.1, 0.15) is 5.92 Å². The van der Waals surface area contributed by atoms with E-state index in [2.05, 4.69) is 16.3 Å². The second kappa shape index (κ2) is 6.19. The van der Waals surface area contributed by atoms with Crippen molar-refractivity contribution in [2.24, 2.45) is 5.92 Å². The van der Waals surface area contributed by atoms with Gasteiger partial charge in [0.2, 0.25) is 11.8 Å². The number of halogens is 2. The van der Waals surface area contributed by atoms with Crippen molar-refractivity contribution in [1.82, 2.24) is 10.2 Å². The minimum Gasteiger partial charge on any atom is -0.422 e. The Balaban J connectivity index is 1.93. The van der Waals surface area contributed by atoms with Gasteiger partial charge in [-0.3, -0.25) is 10.5 Å². The highest BCUT2D eigenvalue weighted by Crippen LogP contribution is 2.47. The highest BCUT2D eigenvalue weighted by molar-refractivity contribution is 7.10. The molecule has 3 aromatic rings. The molecule has 0 spiro atoms. The van der Waals surface area contributed by atoms with Crippen LogP contribution in [0.1, 0.15) is 16.4 Å². The average molecular weight is 389 g/mol. The summed E-state index contributed by atoms with van der Waals surface area (Å²) in [5.74, 6) is -0.828. The third-order valence-corrected chi connectivity index (χ3v) is 5.79. The van der Waals surface area contributed by atoms with E-state index in [1.54, 1.807) is 12.1 Å². The van der Waals surface area contributed by atoms with Crippen LogP contribution in [0.15, 0.2) is 35.7 Å². The number of rotatable bonds is 2. The van der Waals surface area contributed by atoms with E-state index in [4.69, 9.17) is 33.3 Å². The summed E-state index contributed by atoms with van der Waals surface area (Å²) in [6.07, 6.45) is 0. The molecule has 124 valence electrons. The molecule has 0 fully saturated rings. The second-order valence-electron chi connectivity index (χ2n) is 5.51. The maximum atomic E-state index is 9.60. The number of H-pyrrole nitrogens is 1. The number of hydrogen-bond donors (Lipinski definition) is 2. The van der Waals surface area contributed by atoms with Gasteiger partial charge < -0.3 is 4.74 Å². The van der Waals surface area contributed by atoms with Crippen molar-refractivity contribution >= 4 is 40.4 Å². The van der Waals surface area contributed by atoms with E-state index in [0.717, 1.165) is 16.0 Å². The normalized spacial score (nSPS) is 19.2. The van der Waals surface area contributed by atoms with Crippen molar-refractivity contribution in [3.05, 3.63) is 56.2 Å². The van der Waals surface area contributed by atoms with Gasteiger partial charge in [-0.2, -0.15) is 5.26 Å². The van der Waals surface area contributed by atoms with E-state index in [1.165, 1.54) is 11.3 Å². The Morgan fingerprint density at radius 3 is 2.80 bits per heavy atom. The number of fused-ring (bicyclic) bond motifs is 1. The first-order valence-electron chi connectivity index (χ1n) is 7.33. The van der Waals surface area contributed by atoms with E-state index >= 15 is 0 Å². The number of nitrogens with one attached hydrogen (secondary N) is 2. The van der Waals surface area contributed by atoms with Crippen LogP contribution in [0.25, 0.3) is 11.3 Å². The highest BCUT2D eigenvalue weighted by atomic mass is 35.5. The molecule has 0 amide bonds. The van der Waals surface area contributed by atoms with Crippen molar-refractivity contribution < 1.29 is 4.74 Å². The number of aromatic nitrogens is 2. The molecule has 4 rings (SSSR count). The Labute approximate surface area is 157 Å². The zero-order chi connectivity index (χ0) is 17.6. The molecule has 0 saturated carbocycles. The Morgan fingerprint density at radius 2 is 2.12 bits per heavy atom. The number of hydrogen-bond acceptors (Lipinski definition) is 5. The lowest BCUT2D eigenvalue weighted by molar-refractivity contribution is 0.439. The van der Waals surface area contributed by atoms with Crippen LogP contribution < -0.4 is 4.74 Å². The van der Waals surface area contributed by atoms with Crippen LogP contribution in [0.4, 0.5) is 0 Å². The van der Waals surface area contributed by atoms with Crippen LogP contribution in [0.2, 0.25) is 10.0 Å². The van der Waals surface area contributed by atoms with E-state index in [-0.39, 0.29) is 11.8 Å². The van der Waals surface area contributed by atoms with Gasteiger partial charge in [0, 0.05) is 10.4 Å². The molecule has 0 radical (unpaired) electrons. The summed E-state index contributed by atoms with van der Waals surface area (Å²) in [6, 6.07) is 11.3. The molecule has 25 heavy (non-hydrogen) atoms. The first-order valence-corrected chi connectivity index (χ1v) is 8.96. The van der Waals surface area contributed by atoms with Gasteiger partial charge in [-0.15, -0.1) is 16.4 Å². The second-order valence-corrected chi connectivity index (χ2v) is 7.31. The summed E-state index contributed by atoms with van der Waals surface area (Å²) in [7, 11) is 0. The quantitative estimate of drug-likeness (QED) is 0.640. The average Bonchev–Trinajstić information content (AvgIpc) is 3.25. The topological polar surface area (TPSA) is 85.6 Å². The number of ether oxygens (including phenoxy) is 1. The molecule has 2 atom stereocenters. The largest absolute Gasteiger partial charge is 0.422 e. The van der Waals surface area contributed by atoms with E-state index in [9.17, 15) is 5.26 Å². The van der Waals surface area contributed by atoms with Crippen LogP contribution >= 0.6 is 34.5 Å². The molecule has 2 N–H and O–H groups in total. The first kappa shape index (κ1) is 16.2. The predicted octanol–water partition coefficient (Wildman–Crippen LogP) is 5.09. The molecule has 0 bridgehead atoms. The van der Waals surface area contributed by atoms with Crippen molar-refractivity contribution in [3.63, 3.8) is 0 Å². The van der Waals surface area contributed by atoms with Crippen LogP contribution in [0, 0.1) is 22.7 Å². The number of nitrogens with zero attached hydrogens (tertiary/aromatic N) is 2. The Hall–Kier alpha value is -2.33. The monoisotopic (exact) mass is 388 g/mol. The summed E-state index contributed by atoms with van der Waals surface area (Å²) in [5, 5.41) is 27.6. The first-order chi connectivity index (χ1) is 12.1. The Kier molecular flexibility index (Phi) is 4.00. The van der Waals surface area contributed by atoms with Crippen molar-refractivity contribution in [1.29, 1.82) is 10.7 Å². The van der Waals surface area contributed by atoms with Crippen LogP contribution in [-0.4, -0.2) is 16.1 Å². The minimum absolute atomic E-state index is 0.0967. The lowest BCUT2D eigenvalue weighted by Crippen LogP contribution is -2.30. The minimum atomic E-state index is -0.717. The molecule has 8 heteroatoms. The molecule has 1 aliphatic rings. The smallest absolute Gasteiger partial charge is 0.244 e. The fourth-order valence-electron chi connectivity index (χ4n) is 2.97. The fraction of sp³-hybridized carbons (Fsp3) is 0.118. The van der Waals surface area contributed by atoms with Gasteiger partial charge in [0.25, 0.3) is 0 Å². The predicted molar refractivity (Wildman–Crippen MR) is 97.7 cm³/mol. The van der Waals surface area contributed by atoms with Crippen molar-refractivity contribution in [2.75, 3.05) is 0 Å². The molecule has 1 aromatic carbocycles. The third-order valence-electron chi connectivity index (χ3n) is 4.10. The molecule has 2 unspecified atom stereocenters. The van der Waals surface area contributed by atoms with Crippen LogP contribution in [-0.2, 0) is 0 Å². The lowest BCUT2D eigenvalue weighted by atomic mass is 9.82. The van der Waals surface area contributed by atoms with Gasteiger partial charge in [-0.05, 0) is 23.6 Å². The number of benzene rings is 1. The molecule has 0 saturated heterocycles. The Bertz CT molecular complexity index is 1010. The maximum absolute atomic E-state index is 9.60. The van der Waals surface area contributed by atoms with Crippen molar-refractivity contribution in [3.8, 4) is 23.2 Å². The molecule has 2 aromatic heterocycles. The summed E-state index contributed by atoms with van der Waals surface area (Å²) in [4.78, 5) is 0.976. The van der Waals surface area contributed by atoms with Gasteiger partial charge in [0.15, 0.2) is 0 Å². The van der Waals surface area contributed by atoms with Gasteiger partial charge in [-0.25, -0.2) is 0 Å². The van der Waals surface area contributed by atoms with Gasteiger partial charge >= 0.3 is 0 Å². The number of aromatic amines is 1. The van der Waals surface area contributed by atoms with E-state index < -0.39 is 5.92 Å². The number of thiophene rings is 1. The standard InChI is InChI=1S/C17H10Cl2N4OS/c18-10-4-3-8(6-11(10)19)15-14-13(12-2-1-5-25-12)9(7-20)16(21)24-17(14)23-22-15/h1-6,9,13,21H,(H,22,23). The van der Waals surface area contributed by atoms with Crippen LogP contribution in [0.3, 0.4) is 0 Å². The summed E-state index contributed by atoms with van der Waals surface area (Å²) in [5.41, 5.74) is 2.25. The lowest BCUT2D eigenvalue weighted by Gasteiger charge is -2.27. The van der Waals surface area contributed by atoms with Crippen molar-refractivity contribution in [2.45, 2.75) is 5.92 Å². The summed E-state index contributed by atoms with van der Waals surface area (Å²) >= 11 is 13.7. The molecule has 1 aliphatic heterocycles. The third kappa shape index (κ3) is 2.61. The fourth-order valence-corrected chi connectivity index (χ4v) is 4.14. The SMILES string of the molecule is N#CC1C(=N)Oc2n[nH]c(-c3ccc(Cl)c(Cl)c3)c2C1c1cccs1. The summed E-state index contributed by atoms with van der Waals surface area (Å²) < 4.78 is 5.48. The molecular weight excluding hydrogens is 379 g/mol. The zero-order valence-electron chi connectivity index (χ0n) is 12.6. The molecular formula is C17H10Cl2N4OS.